The van der Waals surface area contributed by atoms with E-state index < -0.39 is 17.2 Å². The van der Waals surface area contributed by atoms with Crippen molar-refractivity contribution in [1.29, 1.82) is 0 Å². The number of carbonyl (C=O) groups is 2. The average Bonchev–Trinajstić information content (AvgIpc) is 2.90. The topological polar surface area (TPSA) is 109 Å². The minimum absolute atomic E-state index is 0.0177. The molecule has 0 aliphatic carbocycles. The highest BCUT2D eigenvalue weighted by atomic mass is 16.5. The molecule has 0 saturated heterocycles. The Morgan fingerprint density at radius 2 is 1.66 bits per heavy atom. The summed E-state index contributed by atoms with van der Waals surface area (Å²) >= 11 is 0. The van der Waals surface area contributed by atoms with Gasteiger partial charge in [-0.2, -0.15) is 0 Å². The fourth-order valence-corrected chi connectivity index (χ4v) is 3.78. The van der Waals surface area contributed by atoms with Crippen LogP contribution >= 0.6 is 0 Å². The van der Waals surface area contributed by atoms with E-state index in [1.165, 1.54) is 17.7 Å². The molecule has 0 bridgehead atoms. The molecule has 178 valence electrons. The smallest absolute Gasteiger partial charge is 0.376 e. The van der Waals surface area contributed by atoms with Crippen molar-refractivity contribution in [3.8, 4) is 5.75 Å². The molecule has 0 unspecified atom stereocenters. The minimum Gasteiger partial charge on any atom is -0.494 e. The average molecular weight is 472 g/mol. The van der Waals surface area contributed by atoms with Crippen molar-refractivity contribution in [3.05, 3.63) is 105 Å². The fourth-order valence-electron chi connectivity index (χ4n) is 3.78. The van der Waals surface area contributed by atoms with Gasteiger partial charge in [-0.15, -0.1) is 0 Å². The highest BCUT2D eigenvalue weighted by Crippen LogP contribution is 2.24. The molecule has 4 rings (SSSR count). The zero-order valence-corrected chi connectivity index (χ0v) is 19.3. The summed E-state index contributed by atoms with van der Waals surface area (Å²) in [5.74, 6) is -1.03. The number of nitrogen functional groups attached to an aromatic ring is 1. The van der Waals surface area contributed by atoms with E-state index in [-0.39, 0.29) is 28.0 Å². The number of methoxy groups -OCH3 is 1. The van der Waals surface area contributed by atoms with Crippen molar-refractivity contribution in [1.82, 2.24) is 0 Å². The Morgan fingerprint density at radius 3 is 2.37 bits per heavy atom. The lowest BCUT2D eigenvalue weighted by Crippen LogP contribution is -2.17. The number of rotatable bonds is 9. The van der Waals surface area contributed by atoms with Crippen molar-refractivity contribution in [2.45, 2.75) is 19.3 Å². The highest BCUT2D eigenvalue weighted by molar-refractivity contribution is 6.15. The van der Waals surface area contributed by atoms with Crippen LogP contribution in [0.3, 0.4) is 0 Å². The van der Waals surface area contributed by atoms with Crippen molar-refractivity contribution in [2.24, 2.45) is 0 Å². The van der Waals surface area contributed by atoms with Gasteiger partial charge in [0.1, 0.15) is 17.0 Å². The molecule has 35 heavy (non-hydrogen) atoms. The van der Waals surface area contributed by atoms with Gasteiger partial charge in [-0.25, -0.2) is 4.79 Å². The molecule has 2 N–H and O–H groups in total. The van der Waals surface area contributed by atoms with Crippen molar-refractivity contribution < 1.29 is 23.5 Å². The van der Waals surface area contributed by atoms with Gasteiger partial charge >= 0.3 is 5.97 Å². The van der Waals surface area contributed by atoms with Gasteiger partial charge in [0, 0.05) is 5.56 Å². The Labute approximate surface area is 202 Å². The second kappa shape index (κ2) is 10.7. The molecule has 0 atom stereocenters. The molecule has 7 nitrogen and oxygen atoms in total. The number of para-hydroxylation sites is 1. The van der Waals surface area contributed by atoms with Gasteiger partial charge in [0.15, 0.2) is 5.78 Å². The van der Waals surface area contributed by atoms with E-state index in [2.05, 4.69) is 16.9 Å². The molecule has 7 heteroatoms. The zero-order valence-electron chi connectivity index (χ0n) is 19.3. The van der Waals surface area contributed by atoms with Crippen LogP contribution in [0, 0.1) is 0 Å². The van der Waals surface area contributed by atoms with E-state index in [9.17, 15) is 14.4 Å². The number of fused-ring (bicyclic) bond motifs is 1. The lowest BCUT2D eigenvalue weighted by atomic mass is 10.0. The summed E-state index contributed by atoms with van der Waals surface area (Å²) in [5.41, 5.74) is 6.61. The highest BCUT2D eigenvalue weighted by Gasteiger charge is 2.22. The maximum absolute atomic E-state index is 13.2. The predicted octanol–water partition coefficient (Wildman–Crippen LogP) is 4.79. The molecule has 1 heterocycles. The van der Waals surface area contributed by atoms with E-state index in [1.54, 1.807) is 30.3 Å². The summed E-state index contributed by atoms with van der Waals surface area (Å²) in [5, 5.41) is 0.108. The molecule has 1 aromatic heterocycles. The van der Waals surface area contributed by atoms with E-state index in [0.717, 1.165) is 26.4 Å². The standard InChI is InChI=1S/C28H25NO6/c1-33-28(32)27-23(29)25(31)22-12-7-11-21(26(22)35-27)24(30)19-13-15-20(16-14-19)34-17-6-5-10-18-8-3-2-4-9-18/h2-4,7-9,11-16H,5-6,10,17,29H2,1H3. The normalized spacial score (nSPS) is 10.8. The molecular weight excluding hydrogens is 446 g/mol. The van der Waals surface area contributed by atoms with Gasteiger partial charge < -0.3 is 19.6 Å². The fraction of sp³-hybridized carbons (Fsp3) is 0.179. The van der Waals surface area contributed by atoms with Crippen LogP contribution in [0.15, 0.2) is 82.0 Å². The van der Waals surface area contributed by atoms with Crippen LogP contribution in [-0.2, 0) is 11.2 Å². The monoisotopic (exact) mass is 471 g/mol. The van der Waals surface area contributed by atoms with Gasteiger partial charge in [-0.3, -0.25) is 9.59 Å². The number of ketones is 1. The summed E-state index contributed by atoms with van der Waals surface area (Å²) in [7, 11) is 1.15. The second-order valence-corrected chi connectivity index (χ2v) is 7.99. The van der Waals surface area contributed by atoms with Crippen molar-refractivity contribution in [3.63, 3.8) is 0 Å². The first-order valence-electron chi connectivity index (χ1n) is 11.2. The second-order valence-electron chi connectivity index (χ2n) is 7.99. The number of hydrogen-bond donors (Lipinski definition) is 1. The lowest BCUT2D eigenvalue weighted by molar-refractivity contribution is 0.0567. The molecule has 0 saturated carbocycles. The van der Waals surface area contributed by atoms with Gasteiger partial charge in [0.25, 0.3) is 0 Å². The third-order valence-corrected chi connectivity index (χ3v) is 5.66. The van der Waals surface area contributed by atoms with Gasteiger partial charge in [-0.05, 0) is 61.2 Å². The molecule has 0 fully saturated rings. The van der Waals surface area contributed by atoms with E-state index in [0.29, 0.717) is 17.9 Å². The van der Waals surface area contributed by atoms with Crippen LogP contribution in [0.2, 0.25) is 0 Å². The van der Waals surface area contributed by atoms with Crippen LogP contribution in [0.4, 0.5) is 5.69 Å². The van der Waals surface area contributed by atoms with Crippen LogP contribution in [0.1, 0.15) is 44.9 Å². The Hall–Kier alpha value is -4.39. The quantitative estimate of drug-likeness (QED) is 0.212. The first-order valence-corrected chi connectivity index (χ1v) is 11.2. The van der Waals surface area contributed by atoms with Crippen molar-refractivity contribution >= 4 is 28.4 Å². The molecular formula is C28H25NO6. The molecule has 0 radical (unpaired) electrons. The molecule has 0 aliphatic heterocycles. The van der Waals surface area contributed by atoms with Gasteiger partial charge in [0.2, 0.25) is 11.2 Å². The summed E-state index contributed by atoms with van der Waals surface area (Å²) < 4.78 is 16.0. The Kier molecular flexibility index (Phi) is 7.26. The summed E-state index contributed by atoms with van der Waals surface area (Å²) in [6.07, 6.45) is 2.93. The van der Waals surface area contributed by atoms with Crippen LogP contribution in [-0.4, -0.2) is 25.5 Å². The molecule has 3 aromatic carbocycles. The Morgan fingerprint density at radius 1 is 0.914 bits per heavy atom. The number of hydrogen-bond acceptors (Lipinski definition) is 7. The molecule has 0 aliphatic rings. The maximum Gasteiger partial charge on any atom is 0.376 e. The summed E-state index contributed by atoms with van der Waals surface area (Å²) in [4.78, 5) is 37.8. The van der Waals surface area contributed by atoms with Gasteiger partial charge in [-0.1, -0.05) is 36.4 Å². The molecule has 4 aromatic rings. The van der Waals surface area contributed by atoms with Crippen molar-refractivity contribution in [2.75, 3.05) is 19.5 Å². The van der Waals surface area contributed by atoms with Crippen LogP contribution in [0.5, 0.6) is 5.75 Å². The number of ether oxygens (including phenoxy) is 2. The summed E-state index contributed by atoms with van der Waals surface area (Å²) in [6.45, 7) is 0.576. The number of anilines is 1. The SMILES string of the molecule is COC(=O)c1oc2c(C(=O)c3ccc(OCCCCc4ccccc4)cc3)cccc2c(=O)c1N. The Balaban J connectivity index is 1.46. The molecule has 0 spiro atoms. The minimum atomic E-state index is -0.894. The van der Waals surface area contributed by atoms with Gasteiger partial charge in [0.05, 0.1) is 24.7 Å². The van der Waals surface area contributed by atoms with E-state index >= 15 is 0 Å². The maximum atomic E-state index is 13.2. The summed E-state index contributed by atoms with van der Waals surface area (Å²) in [6, 6.07) is 21.6. The predicted molar refractivity (Wildman–Crippen MR) is 133 cm³/mol. The van der Waals surface area contributed by atoms with Crippen LogP contribution in [0.25, 0.3) is 11.0 Å². The molecule has 0 amide bonds. The number of aryl methyl sites for hydroxylation is 1. The van der Waals surface area contributed by atoms with E-state index in [1.807, 2.05) is 18.2 Å². The number of unbranched alkanes of at least 4 members (excludes halogenated alkanes) is 1. The van der Waals surface area contributed by atoms with Crippen LogP contribution < -0.4 is 15.9 Å². The Bertz CT molecular complexity index is 1410. The lowest BCUT2D eigenvalue weighted by Gasteiger charge is -2.09. The first-order chi connectivity index (χ1) is 17.0. The third-order valence-electron chi connectivity index (χ3n) is 5.66. The number of carbonyl (C=O) groups excluding carboxylic acids is 2. The zero-order chi connectivity index (χ0) is 24.8. The van der Waals surface area contributed by atoms with E-state index in [4.69, 9.17) is 14.9 Å². The number of esters is 1. The number of benzene rings is 3. The third kappa shape index (κ3) is 5.24. The number of nitrogens with two attached hydrogens (primary N) is 1. The first kappa shape index (κ1) is 23.8. The largest absolute Gasteiger partial charge is 0.494 e.